The summed E-state index contributed by atoms with van der Waals surface area (Å²) in [5.41, 5.74) is 0.107. The molecule has 0 aliphatic heterocycles. The van der Waals surface area contributed by atoms with Crippen molar-refractivity contribution in [1.82, 2.24) is 4.57 Å². The second-order valence-corrected chi connectivity index (χ2v) is 8.22. The molecule has 1 aliphatic carbocycles. The number of nitrogens with zero attached hydrogens (tertiary/aromatic N) is 2. The van der Waals surface area contributed by atoms with Gasteiger partial charge in [0.15, 0.2) is 0 Å². The molecule has 1 saturated carbocycles. The minimum Gasteiger partial charge on any atom is -0.375 e. The van der Waals surface area contributed by atoms with Crippen LogP contribution in [0.4, 0.5) is 18.9 Å². The summed E-state index contributed by atoms with van der Waals surface area (Å²) in [5.74, 6) is -0.743. The Labute approximate surface area is 179 Å². The zero-order chi connectivity index (χ0) is 22.8. The third-order valence-corrected chi connectivity index (χ3v) is 5.83. The number of benzene rings is 1. The highest BCUT2D eigenvalue weighted by molar-refractivity contribution is 6.21. The minimum atomic E-state index is -4.59. The van der Waals surface area contributed by atoms with Gasteiger partial charge in [0.1, 0.15) is 12.3 Å². The van der Waals surface area contributed by atoms with Gasteiger partial charge >= 0.3 is 6.18 Å². The maximum Gasteiger partial charge on any atom is 0.417 e. The second-order valence-electron chi connectivity index (χ2n) is 8.22. The van der Waals surface area contributed by atoms with Crippen LogP contribution in [0.5, 0.6) is 0 Å². The fourth-order valence-corrected chi connectivity index (χ4v) is 4.34. The van der Waals surface area contributed by atoms with E-state index < -0.39 is 23.6 Å². The van der Waals surface area contributed by atoms with E-state index in [1.54, 1.807) is 12.1 Å². The maximum absolute atomic E-state index is 13.4. The van der Waals surface area contributed by atoms with E-state index in [1.807, 2.05) is 12.1 Å². The number of rotatable bonds is 5. The van der Waals surface area contributed by atoms with Crippen LogP contribution in [-0.4, -0.2) is 30.1 Å². The van der Waals surface area contributed by atoms with E-state index in [0.29, 0.717) is 11.6 Å². The summed E-state index contributed by atoms with van der Waals surface area (Å²) < 4.78 is 45.6. The Hall–Kier alpha value is -2.61. The molecule has 0 saturated heterocycles. The molecule has 2 atom stereocenters. The van der Waals surface area contributed by atoms with Crippen molar-refractivity contribution >= 4 is 17.5 Å². The number of imide groups is 1. The van der Waals surface area contributed by atoms with Crippen LogP contribution in [0, 0.1) is 5.92 Å². The molecule has 1 fully saturated rings. The van der Waals surface area contributed by atoms with Gasteiger partial charge in [-0.3, -0.25) is 9.59 Å². The molecule has 1 aromatic heterocycles. The third-order valence-electron chi connectivity index (χ3n) is 5.83. The Morgan fingerprint density at radius 3 is 2.55 bits per heavy atom. The summed E-state index contributed by atoms with van der Waals surface area (Å²) >= 11 is 0. The van der Waals surface area contributed by atoms with E-state index in [4.69, 9.17) is 4.74 Å². The van der Waals surface area contributed by atoms with Crippen LogP contribution in [-0.2, 0) is 22.8 Å². The predicted octanol–water partition coefficient (Wildman–Crippen LogP) is 5.16. The molecule has 8 heteroatoms. The summed E-state index contributed by atoms with van der Waals surface area (Å²) in [6.45, 7) is 1.81. The average Bonchev–Trinajstić information content (AvgIpc) is 3.11. The van der Waals surface area contributed by atoms with Crippen molar-refractivity contribution in [3.05, 3.63) is 53.3 Å². The first-order chi connectivity index (χ1) is 14.6. The van der Waals surface area contributed by atoms with Crippen LogP contribution >= 0.6 is 0 Å². The molecule has 0 spiro atoms. The second kappa shape index (κ2) is 9.26. The highest BCUT2D eigenvalue weighted by atomic mass is 19.4. The van der Waals surface area contributed by atoms with Crippen molar-refractivity contribution in [3.8, 4) is 0 Å². The Kier molecular flexibility index (Phi) is 6.89. The molecular formula is C23H27F3N2O3. The number of aromatic nitrogens is 1. The highest BCUT2D eigenvalue weighted by Gasteiger charge is 2.36. The van der Waals surface area contributed by atoms with Gasteiger partial charge in [-0.2, -0.15) is 13.2 Å². The first kappa shape index (κ1) is 23.1. The fraction of sp³-hybridized carbons (Fsp3) is 0.478. The number of amides is 2. The number of hydrogen-bond donors (Lipinski definition) is 0. The molecule has 0 bridgehead atoms. The molecule has 5 nitrogen and oxygen atoms in total. The van der Waals surface area contributed by atoms with Gasteiger partial charge in [0.25, 0.3) is 11.8 Å². The first-order valence-corrected chi connectivity index (χ1v) is 10.3. The Balaban J connectivity index is 2.07. The van der Waals surface area contributed by atoms with E-state index in [9.17, 15) is 22.8 Å². The van der Waals surface area contributed by atoms with Gasteiger partial charge in [0, 0.05) is 20.4 Å². The SMILES string of the molecule is COCC(=O)N(C(=O)c1cc(C(F)(F)F)cn1C)c1ccccc1C1CCCC(C)C1. The number of carbonyl (C=O) groups is 2. The fourth-order valence-electron chi connectivity index (χ4n) is 4.34. The normalized spacial score (nSPS) is 19.3. The summed E-state index contributed by atoms with van der Waals surface area (Å²) in [7, 11) is 2.69. The van der Waals surface area contributed by atoms with Crippen molar-refractivity contribution in [3.63, 3.8) is 0 Å². The van der Waals surface area contributed by atoms with Gasteiger partial charge in [-0.25, -0.2) is 4.90 Å². The first-order valence-electron chi connectivity index (χ1n) is 10.3. The lowest BCUT2D eigenvalue weighted by Gasteiger charge is -2.31. The summed E-state index contributed by atoms with van der Waals surface area (Å²) in [5, 5.41) is 0. The molecule has 1 heterocycles. The van der Waals surface area contributed by atoms with E-state index >= 15 is 0 Å². The van der Waals surface area contributed by atoms with Crippen molar-refractivity contribution in [2.45, 2.75) is 44.7 Å². The molecule has 2 amide bonds. The number of para-hydroxylation sites is 1. The lowest BCUT2D eigenvalue weighted by molar-refractivity contribution is -0.137. The number of alkyl halides is 3. The van der Waals surface area contributed by atoms with Gasteiger partial charge in [0.05, 0.1) is 11.3 Å². The molecule has 1 aliphatic rings. The topological polar surface area (TPSA) is 51.5 Å². The number of anilines is 1. The van der Waals surface area contributed by atoms with Crippen molar-refractivity contribution in [1.29, 1.82) is 0 Å². The Morgan fingerprint density at radius 2 is 1.94 bits per heavy atom. The lowest BCUT2D eigenvalue weighted by atomic mass is 9.78. The highest BCUT2D eigenvalue weighted by Crippen LogP contribution is 2.40. The van der Waals surface area contributed by atoms with Crippen molar-refractivity contribution in [2.24, 2.45) is 13.0 Å². The molecule has 168 valence electrons. The zero-order valence-electron chi connectivity index (χ0n) is 17.9. The Bertz CT molecular complexity index is 952. The zero-order valence-corrected chi connectivity index (χ0v) is 17.9. The standard InChI is InChI=1S/C23H27F3N2O3/c1-15-7-6-8-16(11-15)18-9-4-5-10-19(18)28(21(29)14-31-3)22(30)20-12-17(13-27(20)2)23(24,25)26/h4-5,9-10,12-13,15-16H,6-8,11,14H2,1-3H3. The number of hydrogen-bond acceptors (Lipinski definition) is 3. The number of aryl methyl sites for hydroxylation is 1. The lowest BCUT2D eigenvalue weighted by Crippen LogP contribution is -2.41. The van der Waals surface area contributed by atoms with Crippen LogP contribution in [0.2, 0.25) is 0 Å². The number of carbonyl (C=O) groups excluding carboxylic acids is 2. The molecule has 0 radical (unpaired) electrons. The average molecular weight is 436 g/mol. The van der Waals surface area contributed by atoms with Crippen LogP contribution in [0.3, 0.4) is 0 Å². The third kappa shape index (κ3) is 5.01. The van der Waals surface area contributed by atoms with E-state index in [-0.39, 0.29) is 18.2 Å². The smallest absolute Gasteiger partial charge is 0.375 e. The summed E-state index contributed by atoms with van der Waals surface area (Å²) in [4.78, 5) is 27.3. The number of halogens is 3. The molecule has 3 rings (SSSR count). The van der Waals surface area contributed by atoms with Gasteiger partial charge in [-0.1, -0.05) is 38.0 Å². The minimum absolute atomic E-state index is 0.171. The van der Waals surface area contributed by atoms with Crippen LogP contribution in [0.15, 0.2) is 36.5 Å². The van der Waals surface area contributed by atoms with Crippen molar-refractivity contribution < 1.29 is 27.5 Å². The predicted molar refractivity (Wildman–Crippen MR) is 111 cm³/mol. The molecule has 2 unspecified atom stereocenters. The van der Waals surface area contributed by atoms with Gasteiger partial charge < -0.3 is 9.30 Å². The Morgan fingerprint density at radius 1 is 1.23 bits per heavy atom. The van der Waals surface area contributed by atoms with Gasteiger partial charge in [-0.05, 0) is 42.4 Å². The van der Waals surface area contributed by atoms with Crippen LogP contribution in [0.25, 0.3) is 0 Å². The molecule has 2 aromatic rings. The monoisotopic (exact) mass is 436 g/mol. The molecule has 0 N–H and O–H groups in total. The van der Waals surface area contributed by atoms with Gasteiger partial charge in [0.2, 0.25) is 0 Å². The molecule has 1 aromatic carbocycles. The van der Waals surface area contributed by atoms with Crippen molar-refractivity contribution in [2.75, 3.05) is 18.6 Å². The maximum atomic E-state index is 13.4. The largest absolute Gasteiger partial charge is 0.417 e. The van der Waals surface area contributed by atoms with E-state index in [0.717, 1.165) is 53.0 Å². The van der Waals surface area contributed by atoms with E-state index in [1.165, 1.54) is 14.2 Å². The summed E-state index contributed by atoms with van der Waals surface area (Å²) in [6, 6.07) is 7.92. The molecular weight excluding hydrogens is 409 g/mol. The molecule has 31 heavy (non-hydrogen) atoms. The summed E-state index contributed by atoms with van der Waals surface area (Å²) in [6.07, 6.45) is 0.305. The number of methoxy groups -OCH3 is 1. The van der Waals surface area contributed by atoms with Gasteiger partial charge in [-0.15, -0.1) is 0 Å². The number of ether oxygens (including phenoxy) is 1. The quantitative estimate of drug-likeness (QED) is 0.651. The van der Waals surface area contributed by atoms with Crippen LogP contribution < -0.4 is 4.90 Å². The van der Waals surface area contributed by atoms with Crippen LogP contribution in [0.1, 0.15) is 60.1 Å². The van der Waals surface area contributed by atoms with E-state index in [2.05, 4.69) is 6.92 Å².